The number of hydrogen-bond acceptors (Lipinski definition) is 3. The van der Waals surface area contributed by atoms with E-state index in [1.165, 1.54) is 58.3 Å². The molecule has 1 aliphatic carbocycles. The van der Waals surface area contributed by atoms with Gasteiger partial charge in [0.15, 0.2) is 5.43 Å². The van der Waals surface area contributed by atoms with Crippen LogP contribution in [-0.4, -0.2) is 47.0 Å². The molecule has 4 nitrogen and oxygen atoms in total. The van der Waals surface area contributed by atoms with E-state index >= 15 is 0 Å². The van der Waals surface area contributed by atoms with Crippen molar-refractivity contribution >= 4 is 0 Å². The van der Waals surface area contributed by atoms with Crippen LogP contribution in [0.3, 0.4) is 0 Å². The Hall–Kier alpha value is -1.13. The molecule has 0 unspecified atom stereocenters. The lowest BCUT2D eigenvalue weighted by atomic mass is 9.83. The van der Waals surface area contributed by atoms with Crippen LogP contribution in [0.5, 0.6) is 0 Å². The quantitative estimate of drug-likeness (QED) is 0.923. The molecular weight excluding hydrogens is 298 g/mol. The summed E-state index contributed by atoms with van der Waals surface area (Å²) in [5.41, 5.74) is 3.03. The van der Waals surface area contributed by atoms with Crippen molar-refractivity contribution in [3.63, 3.8) is 0 Å². The second-order valence-corrected chi connectivity index (χ2v) is 8.45. The fourth-order valence-corrected chi connectivity index (χ4v) is 4.83. The average molecular weight is 329 g/mol. The molecule has 3 saturated heterocycles. The van der Waals surface area contributed by atoms with Crippen molar-refractivity contribution in [2.75, 3.05) is 26.2 Å². The maximum absolute atomic E-state index is 12.2. The van der Waals surface area contributed by atoms with Gasteiger partial charge in [-0.25, -0.2) is 0 Å². The van der Waals surface area contributed by atoms with Crippen LogP contribution in [0.2, 0.25) is 0 Å². The molecule has 0 amide bonds. The van der Waals surface area contributed by atoms with Gasteiger partial charge in [0.25, 0.3) is 0 Å². The largest absolute Gasteiger partial charge is 0.363 e. The van der Waals surface area contributed by atoms with Crippen molar-refractivity contribution in [2.24, 2.45) is 11.8 Å². The van der Waals surface area contributed by atoms with E-state index in [0.717, 1.165) is 41.2 Å². The first kappa shape index (κ1) is 16.3. The highest BCUT2D eigenvalue weighted by Crippen LogP contribution is 2.33. The van der Waals surface area contributed by atoms with Crippen LogP contribution in [-0.2, 0) is 6.54 Å². The molecule has 2 atom stereocenters. The molecule has 0 radical (unpaired) electrons. The van der Waals surface area contributed by atoms with Crippen molar-refractivity contribution in [1.29, 1.82) is 0 Å². The van der Waals surface area contributed by atoms with Crippen LogP contribution in [0.15, 0.2) is 11.0 Å². The molecule has 1 aromatic rings. The predicted molar refractivity (Wildman–Crippen MR) is 97.2 cm³/mol. The zero-order valence-corrected chi connectivity index (χ0v) is 15.2. The van der Waals surface area contributed by atoms with Gasteiger partial charge >= 0.3 is 0 Å². The number of aryl methyl sites for hydroxylation is 1. The topological polar surface area (TPSA) is 39.3 Å². The molecule has 132 valence electrons. The van der Waals surface area contributed by atoms with Gasteiger partial charge < -0.3 is 4.98 Å². The Bertz CT molecular complexity index is 649. The molecule has 4 aliphatic rings. The van der Waals surface area contributed by atoms with Crippen LogP contribution < -0.4 is 5.43 Å². The molecule has 4 heterocycles. The molecule has 3 aliphatic heterocycles. The van der Waals surface area contributed by atoms with Gasteiger partial charge in [-0.1, -0.05) is 6.42 Å². The second-order valence-electron chi connectivity index (χ2n) is 8.45. The summed E-state index contributed by atoms with van der Waals surface area (Å²) in [5.74, 6) is 1.77. The molecule has 0 aromatic carbocycles. The summed E-state index contributed by atoms with van der Waals surface area (Å²) in [5, 5.41) is 0. The first-order valence-electron chi connectivity index (χ1n) is 9.74. The van der Waals surface area contributed by atoms with Gasteiger partial charge in [0.05, 0.1) is 0 Å². The number of nitrogens with one attached hydrogen (secondary N) is 1. The van der Waals surface area contributed by atoms with Crippen LogP contribution in [0.4, 0.5) is 0 Å². The number of hydrogen-bond donors (Lipinski definition) is 1. The summed E-state index contributed by atoms with van der Waals surface area (Å²) in [6.45, 7) is 9.73. The maximum Gasteiger partial charge on any atom is 0.187 e. The van der Waals surface area contributed by atoms with Crippen LogP contribution in [0.1, 0.15) is 48.9 Å². The lowest BCUT2D eigenvalue weighted by Crippen LogP contribution is -2.46. The summed E-state index contributed by atoms with van der Waals surface area (Å²) in [6, 6.07) is 0.724. The van der Waals surface area contributed by atoms with E-state index in [2.05, 4.69) is 14.8 Å². The van der Waals surface area contributed by atoms with Gasteiger partial charge in [-0.15, -0.1) is 0 Å². The minimum absolute atomic E-state index is 0.202. The average Bonchev–Trinajstić information content (AvgIpc) is 2.82. The van der Waals surface area contributed by atoms with E-state index in [9.17, 15) is 4.79 Å². The van der Waals surface area contributed by atoms with Crippen LogP contribution >= 0.6 is 0 Å². The van der Waals surface area contributed by atoms with Gasteiger partial charge in [-0.2, -0.15) is 0 Å². The number of pyridine rings is 1. The van der Waals surface area contributed by atoms with Gasteiger partial charge in [-0.3, -0.25) is 14.6 Å². The van der Waals surface area contributed by atoms with Crippen LogP contribution in [0, 0.1) is 25.7 Å². The Morgan fingerprint density at radius 3 is 2.71 bits per heavy atom. The molecule has 1 aromatic heterocycles. The van der Waals surface area contributed by atoms with E-state index in [0.29, 0.717) is 0 Å². The highest BCUT2D eigenvalue weighted by molar-refractivity contribution is 5.23. The lowest BCUT2D eigenvalue weighted by Gasteiger charge is -2.40. The fourth-order valence-electron chi connectivity index (χ4n) is 4.83. The zero-order valence-electron chi connectivity index (χ0n) is 15.2. The number of rotatable bonds is 4. The van der Waals surface area contributed by atoms with E-state index in [4.69, 9.17) is 0 Å². The Balaban J connectivity index is 1.46. The highest BCUT2D eigenvalue weighted by atomic mass is 16.1. The SMILES string of the molecule is Cc1c[nH]c(CN2C[C@@H]3CC[C@H](C2)N(CC2CCC2)C3)c(C)c1=O. The summed E-state index contributed by atoms with van der Waals surface area (Å²) < 4.78 is 0. The Kier molecular flexibility index (Phi) is 4.52. The third kappa shape index (κ3) is 3.18. The van der Waals surface area contributed by atoms with Gasteiger partial charge in [0.1, 0.15) is 0 Å². The van der Waals surface area contributed by atoms with Crippen LogP contribution in [0.25, 0.3) is 0 Å². The molecule has 0 spiro atoms. The maximum atomic E-state index is 12.2. The smallest absolute Gasteiger partial charge is 0.187 e. The highest BCUT2D eigenvalue weighted by Gasteiger charge is 2.36. The number of aromatic amines is 1. The van der Waals surface area contributed by atoms with Crippen molar-refractivity contribution < 1.29 is 0 Å². The zero-order chi connectivity index (χ0) is 16.7. The third-order valence-corrected chi connectivity index (χ3v) is 6.62. The number of H-pyrrole nitrogens is 1. The van der Waals surface area contributed by atoms with E-state index in [1.54, 1.807) is 0 Å². The third-order valence-electron chi connectivity index (χ3n) is 6.62. The Morgan fingerprint density at radius 2 is 1.96 bits per heavy atom. The summed E-state index contributed by atoms with van der Waals surface area (Å²) in [7, 11) is 0. The van der Waals surface area contributed by atoms with Gasteiger partial charge in [0.2, 0.25) is 0 Å². The number of nitrogens with zero attached hydrogens (tertiary/aromatic N) is 2. The molecule has 2 bridgehead atoms. The van der Waals surface area contributed by atoms with E-state index in [1.807, 2.05) is 20.0 Å². The van der Waals surface area contributed by atoms with Crippen molar-refractivity contribution in [3.8, 4) is 0 Å². The molecular formula is C20H31N3O. The van der Waals surface area contributed by atoms with Gasteiger partial charge in [-0.05, 0) is 51.4 Å². The van der Waals surface area contributed by atoms with Crippen molar-refractivity contribution in [3.05, 3.63) is 33.2 Å². The summed E-state index contributed by atoms with van der Waals surface area (Å²) >= 11 is 0. The molecule has 5 rings (SSSR count). The van der Waals surface area contributed by atoms with Gasteiger partial charge in [0, 0.05) is 61.8 Å². The Labute approximate surface area is 145 Å². The number of fused-ring (bicyclic) bond motifs is 4. The molecule has 4 heteroatoms. The fraction of sp³-hybridized carbons (Fsp3) is 0.750. The van der Waals surface area contributed by atoms with Crippen molar-refractivity contribution in [2.45, 2.75) is 58.5 Å². The van der Waals surface area contributed by atoms with E-state index < -0.39 is 0 Å². The first-order chi connectivity index (χ1) is 11.6. The summed E-state index contributed by atoms with van der Waals surface area (Å²) in [4.78, 5) is 21.0. The normalized spacial score (nSPS) is 28.8. The number of piperidine rings is 1. The minimum atomic E-state index is 0.202. The monoisotopic (exact) mass is 329 g/mol. The first-order valence-corrected chi connectivity index (χ1v) is 9.74. The summed E-state index contributed by atoms with van der Waals surface area (Å²) in [6.07, 6.45) is 8.95. The minimum Gasteiger partial charge on any atom is -0.363 e. The number of aromatic nitrogens is 1. The molecule has 1 saturated carbocycles. The molecule has 1 N–H and O–H groups in total. The standard InChI is InChI=1S/C20H31N3O/c1-14-8-21-19(15(2)20(14)24)13-22-9-17-6-7-18(12-22)23(11-17)10-16-4-3-5-16/h8,16-18H,3-7,9-13H2,1-2H3,(H,21,24)/t17-,18+/m0/s1. The molecule has 4 fully saturated rings. The molecule has 24 heavy (non-hydrogen) atoms. The Morgan fingerprint density at radius 1 is 1.12 bits per heavy atom. The predicted octanol–water partition coefficient (Wildman–Crippen LogP) is 2.69. The lowest BCUT2D eigenvalue weighted by molar-refractivity contribution is 0.0890. The van der Waals surface area contributed by atoms with Crippen molar-refractivity contribution in [1.82, 2.24) is 14.8 Å². The van der Waals surface area contributed by atoms with E-state index in [-0.39, 0.29) is 5.43 Å². The second kappa shape index (κ2) is 6.64.